The average molecular weight is 238 g/mol. The van der Waals surface area contributed by atoms with E-state index in [1.807, 2.05) is 32.9 Å². The maximum absolute atomic E-state index is 11.6. The molecule has 94 valence electrons. The molecular formula is C13H18O4. The van der Waals surface area contributed by atoms with Crippen molar-refractivity contribution in [2.45, 2.75) is 20.8 Å². The van der Waals surface area contributed by atoms with Crippen LogP contribution in [-0.2, 0) is 14.5 Å². The van der Waals surface area contributed by atoms with Crippen molar-refractivity contribution in [2.24, 2.45) is 0 Å². The summed E-state index contributed by atoms with van der Waals surface area (Å²) in [7, 11) is 0. The second-order valence-corrected chi connectivity index (χ2v) is 3.71. The molecular weight excluding hydrogens is 220 g/mol. The predicted octanol–water partition coefficient (Wildman–Crippen LogP) is 2.43. The minimum absolute atomic E-state index is 0.241. The first-order valence-electron chi connectivity index (χ1n) is 5.64. The molecule has 0 aliphatic heterocycles. The zero-order chi connectivity index (χ0) is 12.7. The van der Waals surface area contributed by atoms with Gasteiger partial charge in [0.05, 0.1) is 12.2 Å². The third-order valence-corrected chi connectivity index (χ3v) is 2.25. The maximum atomic E-state index is 11.6. The Labute approximate surface area is 101 Å². The Bertz CT molecular complexity index is 374. The maximum Gasteiger partial charge on any atom is 0.373 e. The molecule has 0 saturated carbocycles. The summed E-state index contributed by atoms with van der Waals surface area (Å²) in [5, 5.41) is 0. The Balaban J connectivity index is 2.42. The summed E-state index contributed by atoms with van der Waals surface area (Å²) in [5.41, 5.74) is 2.51. The Hall–Kier alpha value is -1.39. The lowest BCUT2D eigenvalue weighted by atomic mass is 10.1. The van der Waals surface area contributed by atoms with Crippen molar-refractivity contribution in [1.82, 2.24) is 0 Å². The highest BCUT2D eigenvalue weighted by Crippen LogP contribution is 2.11. The average Bonchev–Trinajstić information content (AvgIpc) is 2.28. The molecule has 4 heteroatoms. The van der Waals surface area contributed by atoms with Gasteiger partial charge in [0.15, 0.2) is 0 Å². The first-order chi connectivity index (χ1) is 8.15. The van der Waals surface area contributed by atoms with Gasteiger partial charge in [-0.15, -0.1) is 0 Å². The Morgan fingerprint density at radius 1 is 1.24 bits per heavy atom. The molecule has 4 nitrogen and oxygen atoms in total. The van der Waals surface area contributed by atoms with E-state index in [-0.39, 0.29) is 6.61 Å². The van der Waals surface area contributed by atoms with E-state index in [1.165, 1.54) is 0 Å². The molecule has 0 N–H and O–H groups in total. The number of rotatable bonds is 6. The number of ether oxygens (including phenoxy) is 1. The predicted molar refractivity (Wildman–Crippen MR) is 63.8 cm³/mol. The molecule has 0 aliphatic rings. The first-order valence-corrected chi connectivity index (χ1v) is 5.64. The fraction of sp³-hybridized carbons (Fsp3) is 0.462. The van der Waals surface area contributed by atoms with Crippen LogP contribution in [-0.4, -0.2) is 25.8 Å². The van der Waals surface area contributed by atoms with E-state index in [4.69, 9.17) is 9.62 Å². The summed E-state index contributed by atoms with van der Waals surface area (Å²) >= 11 is 0. The highest BCUT2D eigenvalue weighted by Gasteiger charge is 2.11. The van der Waals surface area contributed by atoms with Crippen molar-refractivity contribution in [3.05, 3.63) is 34.9 Å². The van der Waals surface area contributed by atoms with Crippen LogP contribution in [0.2, 0.25) is 0 Å². The van der Waals surface area contributed by atoms with Gasteiger partial charge in [-0.3, -0.25) is 4.89 Å². The van der Waals surface area contributed by atoms with Crippen LogP contribution in [0.5, 0.6) is 0 Å². The molecule has 0 aromatic heterocycles. The number of hydrogen-bond acceptors (Lipinski definition) is 4. The lowest BCUT2D eigenvalue weighted by molar-refractivity contribution is -0.247. The van der Waals surface area contributed by atoms with E-state index >= 15 is 0 Å². The number of aryl methyl sites for hydroxylation is 2. The van der Waals surface area contributed by atoms with Crippen molar-refractivity contribution in [2.75, 3.05) is 19.8 Å². The summed E-state index contributed by atoms with van der Waals surface area (Å²) in [6.07, 6.45) is 0. The quantitative estimate of drug-likeness (QED) is 0.434. The lowest BCUT2D eigenvalue weighted by Crippen LogP contribution is -2.11. The van der Waals surface area contributed by atoms with Crippen LogP contribution in [0.3, 0.4) is 0 Å². The second-order valence-electron chi connectivity index (χ2n) is 3.71. The molecule has 0 heterocycles. The van der Waals surface area contributed by atoms with Crippen molar-refractivity contribution in [1.29, 1.82) is 0 Å². The third kappa shape index (κ3) is 4.54. The molecule has 1 aromatic rings. The topological polar surface area (TPSA) is 44.8 Å². The standard InChI is InChI=1S/C13H18O4/c1-4-15-7-8-16-17-13(14)12-6-5-10(2)9-11(12)3/h5-6,9H,4,7-8H2,1-3H3. The van der Waals surface area contributed by atoms with Crippen molar-refractivity contribution in [3.63, 3.8) is 0 Å². The van der Waals surface area contributed by atoms with Gasteiger partial charge in [-0.05, 0) is 32.4 Å². The fourth-order valence-corrected chi connectivity index (χ4v) is 1.42. The first kappa shape index (κ1) is 13.7. The van der Waals surface area contributed by atoms with Crippen LogP contribution in [0.4, 0.5) is 0 Å². The Morgan fingerprint density at radius 2 is 2.00 bits per heavy atom. The summed E-state index contributed by atoms with van der Waals surface area (Å²) in [6.45, 7) is 7.00. The number of carbonyl (C=O) groups is 1. The lowest BCUT2D eigenvalue weighted by Gasteiger charge is -2.06. The zero-order valence-electron chi connectivity index (χ0n) is 10.5. The van der Waals surface area contributed by atoms with E-state index in [0.29, 0.717) is 18.8 Å². The fourth-order valence-electron chi connectivity index (χ4n) is 1.42. The number of hydrogen-bond donors (Lipinski definition) is 0. The Morgan fingerprint density at radius 3 is 2.65 bits per heavy atom. The molecule has 0 saturated heterocycles. The molecule has 0 aliphatic carbocycles. The van der Waals surface area contributed by atoms with Gasteiger partial charge in [0.2, 0.25) is 0 Å². The molecule has 0 fully saturated rings. The van der Waals surface area contributed by atoms with Gasteiger partial charge in [-0.25, -0.2) is 4.79 Å². The molecule has 0 spiro atoms. The largest absolute Gasteiger partial charge is 0.379 e. The second kappa shape index (κ2) is 7.04. The molecule has 1 rings (SSSR count). The molecule has 0 unspecified atom stereocenters. The van der Waals surface area contributed by atoms with Crippen molar-refractivity contribution in [3.8, 4) is 0 Å². The van der Waals surface area contributed by atoms with E-state index < -0.39 is 5.97 Å². The van der Waals surface area contributed by atoms with Gasteiger partial charge in [0.1, 0.15) is 6.61 Å². The van der Waals surface area contributed by atoms with E-state index in [9.17, 15) is 4.79 Å². The van der Waals surface area contributed by atoms with Gasteiger partial charge >= 0.3 is 5.97 Å². The molecule has 0 radical (unpaired) electrons. The normalized spacial score (nSPS) is 10.3. The minimum atomic E-state index is -0.473. The van der Waals surface area contributed by atoms with Crippen molar-refractivity contribution < 1.29 is 19.3 Å². The van der Waals surface area contributed by atoms with E-state index in [2.05, 4.69) is 4.89 Å². The summed E-state index contributed by atoms with van der Waals surface area (Å²) in [4.78, 5) is 21.1. The van der Waals surface area contributed by atoms with Crippen LogP contribution in [0, 0.1) is 13.8 Å². The molecule has 0 amide bonds. The minimum Gasteiger partial charge on any atom is -0.379 e. The van der Waals surface area contributed by atoms with E-state index in [1.54, 1.807) is 6.07 Å². The monoisotopic (exact) mass is 238 g/mol. The van der Waals surface area contributed by atoms with Crippen LogP contribution in [0.15, 0.2) is 18.2 Å². The van der Waals surface area contributed by atoms with Crippen LogP contribution >= 0.6 is 0 Å². The van der Waals surface area contributed by atoms with Gasteiger partial charge in [0, 0.05) is 6.61 Å². The molecule has 0 atom stereocenters. The number of carbonyl (C=O) groups excluding carboxylic acids is 1. The summed E-state index contributed by atoms with van der Waals surface area (Å²) in [6, 6.07) is 5.53. The summed E-state index contributed by atoms with van der Waals surface area (Å²) < 4.78 is 5.04. The Kier molecular flexibility index (Phi) is 5.66. The van der Waals surface area contributed by atoms with Crippen LogP contribution < -0.4 is 0 Å². The highest BCUT2D eigenvalue weighted by molar-refractivity contribution is 5.90. The van der Waals surface area contributed by atoms with Crippen LogP contribution in [0.1, 0.15) is 28.4 Å². The zero-order valence-corrected chi connectivity index (χ0v) is 10.5. The van der Waals surface area contributed by atoms with Gasteiger partial charge in [0.25, 0.3) is 0 Å². The van der Waals surface area contributed by atoms with Crippen molar-refractivity contribution >= 4 is 5.97 Å². The van der Waals surface area contributed by atoms with Gasteiger partial charge < -0.3 is 4.74 Å². The van der Waals surface area contributed by atoms with Crippen LogP contribution in [0.25, 0.3) is 0 Å². The highest BCUT2D eigenvalue weighted by atomic mass is 17.2. The number of benzene rings is 1. The SMILES string of the molecule is CCOCCOOC(=O)c1ccc(C)cc1C. The summed E-state index contributed by atoms with van der Waals surface area (Å²) in [5.74, 6) is -0.473. The van der Waals surface area contributed by atoms with E-state index in [0.717, 1.165) is 11.1 Å². The smallest absolute Gasteiger partial charge is 0.373 e. The molecule has 1 aromatic carbocycles. The third-order valence-electron chi connectivity index (χ3n) is 2.25. The molecule has 0 bridgehead atoms. The van der Waals surface area contributed by atoms with Gasteiger partial charge in [-0.2, -0.15) is 4.89 Å². The van der Waals surface area contributed by atoms with Gasteiger partial charge in [-0.1, -0.05) is 17.7 Å². The molecule has 17 heavy (non-hydrogen) atoms.